The molecule has 1 aliphatic carbocycles. The summed E-state index contributed by atoms with van der Waals surface area (Å²) >= 11 is 3.53. The van der Waals surface area contributed by atoms with Crippen LogP contribution in [0.25, 0.3) is 0 Å². The smallest absolute Gasteiger partial charge is 0.0592 e. The molecule has 0 amide bonds. The Kier molecular flexibility index (Phi) is 2.77. The topological polar surface area (TPSA) is 16.1 Å². The SMILES string of the molecule is CC(C1CC1)N(C)c1ccncc1Br. The second-order valence-corrected chi connectivity index (χ2v) is 4.87. The van der Waals surface area contributed by atoms with Crippen molar-refractivity contribution in [3.05, 3.63) is 22.9 Å². The van der Waals surface area contributed by atoms with Crippen LogP contribution in [0, 0.1) is 5.92 Å². The lowest BCUT2D eigenvalue weighted by atomic mass is 10.2. The van der Waals surface area contributed by atoms with Gasteiger partial charge < -0.3 is 4.90 Å². The fourth-order valence-electron chi connectivity index (χ4n) is 1.77. The van der Waals surface area contributed by atoms with Gasteiger partial charge >= 0.3 is 0 Å². The standard InChI is InChI=1S/C11H15BrN2/c1-8(9-3-4-9)14(2)11-5-6-13-7-10(11)12/h5-9H,3-4H2,1-2H3. The molecule has 0 N–H and O–H groups in total. The van der Waals surface area contributed by atoms with Crippen LogP contribution in [0.4, 0.5) is 5.69 Å². The fraction of sp³-hybridized carbons (Fsp3) is 0.545. The molecule has 0 aliphatic heterocycles. The molecule has 0 spiro atoms. The Labute approximate surface area is 93.5 Å². The molecule has 0 aromatic carbocycles. The summed E-state index contributed by atoms with van der Waals surface area (Å²) in [6, 6.07) is 2.69. The highest BCUT2D eigenvalue weighted by Gasteiger charge is 2.31. The molecule has 1 aromatic rings. The van der Waals surface area contributed by atoms with Crippen LogP contribution in [0.15, 0.2) is 22.9 Å². The fourth-order valence-corrected chi connectivity index (χ4v) is 2.30. The highest BCUT2D eigenvalue weighted by molar-refractivity contribution is 9.10. The van der Waals surface area contributed by atoms with E-state index in [4.69, 9.17) is 0 Å². The average molecular weight is 255 g/mol. The molecule has 1 unspecified atom stereocenters. The number of aromatic nitrogens is 1. The minimum absolute atomic E-state index is 0.633. The quantitative estimate of drug-likeness (QED) is 0.825. The van der Waals surface area contributed by atoms with Gasteiger partial charge in [-0.15, -0.1) is 0 Å². The van der Waals surface area contributed by atoms with Crippen LogP contribution in [0.3, 0.4) is 0 Å². The minimum Gasteiger partial charge on any atom is -0.371 e. The predicted octanol–water partition coefficient (Wildman–Crippen LogP) is 3.08. The minimum atomic E-state index is 0.633. The van der Waals surface area contributed by atoms with E-state index in [2.05, 4.69) is 45.9 Å². The van der Waals surface area contributed by atoms with E-state index in [0.29, 0.717) is 6.04 Å². The third-order valence-corrected chi connectivity index (χ3v) is 3.66. The number of pyridine rings is 1. The maximum atomic E-state index is 4.07. The molecule has 14 heavy (non-hydrogen) atoms. The number of halogens is 1. The normalized spacial score (nSPS) is 17.9. The van der Waals surface area contributed by atoms with Gasteiger partial charge in [-0.2, -0.15) is 0 Å². The first-order valence-corrected chi connectivity index (χ1v) is 5.82. The van der Waals surface area contributed by atoms with E-state index in [1.807, 2.05) is 12.4 Å². The van der Waals surface area contributed by atoms with Crippen LogP contribution in [-0.4, -0.2) is 18.1 Å². The monoisotopic (exact) mass is 254 g/mol. The van der Waals surface area contributed by atoms with Gasteiger partial charge in [-0.1, -0.05) is 0 Å². The van der Waals surface area contributed by atoms with Crippen LogP contribution in [0.2, 0.25) is 0 Å². The highest BCUT2D eigenvalue weighted by atomic mass is 79.9. The van der Waals surface area contributed by atoms with Gasteiger partial charge in [-0.05, 0) is 47.7 Å². The number of nitrogens with zero attached hydrogens (tertiary/aromatic N) is 2. The molecule has 76 valence electrons. The van der Waals surface area contributed by atoms with Crippen LogP contribution in [-0.2, 0) is 0 Å². The Bertz CT molecular complexity index is 323. The number of rotatable bonds is 3. The van der Waals surface area contributed by atoms with Gasteiger partial charge in [0.2, 0.25) is 0 Å². The van der Waals surface area contributed by atoms with Crippen molar-refractivity contribution in [2.45, 2.75) is 25.8 Å². The Balaban J connectivity index is 2.17. The van der Waals surface area contributed by atoms with Crippen LogP contribution in [0.1, 0.15) is 19.8 Å². The third-order valence-electron chi connectivity index (χ3n) is 3.05. The van der Waals surface area contributed by atoms with Gasteiger partial charge in [0.25, 0.3) is 0 Å². The maximum Gasteiger partial charge on any atom is 0.0592 e. The van der Waals surface area contributed by atoms with Crippen LogP contribution < -0.4 is 4.90 Å². The van der Waals surface area contributed by atoms with Crippen molar-refractivity contribution in [1.29, 1.82) is 0 Å². The third kappa shape index (κ3) is 1.92. The van der Waals surface area contributed by atoms with Crippen molar-refractivity contribution in [1.82, 2.24) is 4.98 Å². The number of hydrogen-bond donors (Lipinski definition) is 0. The molecule has 1 aliphatic rings. The van der Waals surface area contributed by atoms with E-state index in [9.17, 15) is 0 Å². The van der Waals surface area contributed by atoms with Crippen molar-refractivity contribution < 1.29 is 0 Å². The summed E-state index contributed by atoms with van der Waals surface area (Å²) in [5, 5.41) is 0. The molecule has 1 aromatic heterocycles. The van der Waals surface area contributed by atoms with Gasteiger partial charge in [0.1, 0.15) is 0 Å². The summed E-state index contributed by atoms with van der Waals surface area (Å²) < 4.78 is 1.08. The summed E-state index contributed by atoms with van der Waals surface area (Å²) in [5.41, 5.74) is 1.24. The molecule has 0 bridgehead atoms. The van der Waals surface area contributed by atoms with Crippen LogP contribution >= 0.6 is 15.9 Å². The van der Waals surface area contributed by atoms with Crippen LogP contribution in [0.5, 0.6) is 0 Å². The van der Waals surface area contributed by atoms with Gasteiger partial charge in [0.15, 0.2) is 0 Å². The summed E-state index contributed by atoms with van der Waals surface area (Å²) in [4.78, 5) is 6.41. The lowest BCUT2D eigenvalue weighted by Crippen LogP contribution is -2.30. The van der Waals surface area contributed by atoms with E-state index in [1.54, 1.807) is 0 Å². The van der Waals surface area contributed by atoms with E-state index in [1.165, 1.54) is 18.5 Å². The zero-order valence-corrected chi connectivity index (χ0v) is 10.2. The molecular weight excluding hydrogens is 240 g/mol. The molecule has 1 fully saturated rings. The summed E-state index contributed by atoms with van der Waals surface area (Å²) in [7, 11) is 2.16. The molecule has 1 saturated carbocycles. The van der Waals surface area contributed by atoms with Crippen molar-refractivity contribution in [3.8, 4) is 0 Å². The molecule has 3 heteroatoms. The van der Waals surface area contributed by atoms with Crippen molar-refractivity contribution in [2.24, 2.45) is 5.92 Å². The first kappa shape index (κ1) is 9.97. The Morgan fingerprint density at radius 1 is 1.57 bits per heavy atom. The maximum absolute atomic E-state index is 4.07. The lowest BCUT2D eigenvalue weighted by Gasteiger charge is -2.27. The zero-order chi connectivity index (χ0) is 10.1. The predicted molar refractivity (Wildman–Crippen MR) is 62.5 cm³/mol. The summed E-state index contributed by atoms with van der Waals surface area (Å²) in [5.74, 6) is 0.889. The molecule has 0 radical (unpaired) electrons. The summed E-state index contributed by atoms with van der Waals surface area (Å²) in [6.45, 7) is 2.30. The molecule has 2 nitrogen and oxygen atoms in total. The molecule has 2 rings (SSSR count). The summed E-state index contributed by atoms with van der Waals surface area (Å²) in [6.07, 6.45) is 6.46. The Morgan fingerprint density at radius 2 is 2.29 bits per heavy atom. The molecule has 1 heterocycles. The van der Waals surface area contributed by atoms with Gasteiger partial charge in [-0.3, -0.25) is 4.98 Å². The van der Waals surface area contributed by atoms with E-state index in [0.717, 1.165) is 10.4 Å². The Morgan fingerprint density at radius 3 is 2.86 bits per heavy atom. The van der Waals surface area contributed by atoms with Crippen molar-refractivity contribution >= 4 is 21.6 Å². The second kappa shape index (κ2) is 3.89. The van der Waals surface area contributed by atoms with Gasteiger partial charge in [-0.25, -0.2) is 0 Å². The number of hydrogen-bond acceptors (Lipinski definition) is 2. The number of anilines is 1. The first-order valence-electron chi connectivity index (χ1n) is 5.02. The van der Waals surface area contributed by atoms with Crippen molar-refractivity contribution in [3.63, 3.8) is 0 Å². The second-order valence-electron chi connectivity index (χ2n) is 4.02. The van der Waals surface area contributed by atoms with E-state index >= 15 is 0 Å². The molecule has 1 atom stereocenters. The largest absolute Gasteiger partial charge is 0.371 e. The molecular formula is C11H15BrN2. The van der Waals surface area contributed by atoms with Gasteiger partial charge in [0.05, 0.1) is 10.2 Å². The average Bonchev–Trinajstić information content (AvgIpc) is 3.00. The van der Waals surface area contributed by atoms with E-state index in [-0.39, 0.29) is 0 Å². The van der Waals surface area contributed by atoms with E-state index < -0.39 is 0 Å². The molecule has 0 saturated heterocycles. The van der Waals surface area contributed by atoms with Gasteiger partial charge in [0, 0.05) is 25.5 Å². The zero-order valence-electron chi connectivity index (χ0n) is 8.57. The highest BCUT2D eigenvalue weighted by Crippen LogP contribution is 2.37. The first-order chi connectivity index (χ1) is 6.70. The van der Waals surface area contributed by atoms with Crippen molar-refractivity contribution in [2.75, 3.05) is 11.9 Å². The Hall–Kier alpha value is -0.570. The lowest BCUT2D eigenvalue weighted by molar-refractivity contribution is 0.608.